The average Bonchev–Trinajstić information content (AvgIpc) is 3.27. The van der Waals surface area contributed by atoms with Crippen LogP contribution >= 0.6 is 11.3 Å². The maximum atomic E-state index is 12.7. The van der Waals surface area contributed by atoms with Gasteiger partial charge in [0.05, 0.1) is 12.8 Å². The molecule has 0 N–H and O–H groups in total. The van der Waals surface area contributed by atoms with Gasteiger partial charge in [-0.3, -0.25) is 9.69 Å². The van der Waals surface area contributed by atoms with Gasteiger partial charge < -0.3 is 14.4 Å². The second-order valence-corrected chi connectivity index (χ2v) is 8.37. The third-order valence-electron chi connectivity index (χ3n) is 5.27. The van der Waals surface area contributed by atoms with Crippen LogP contribution in [0.1, 0.15) is 16.1 Å². The number of methoxy groups -OCH3 is 1. The molecule has 1 aromatic heterocycles. The van der Waals surface area contributed by atoms with Gasteiger partial charge in [0.15, 0.2) is 0 Å². The first-order valence-corrected chi connectivity index (χ1v) is 11.1. The zero-order valence-electron chi connectivity index (χ0n) is 17.8. The Morgan fingerprint density at radius 1 is 1.00 bits per heavy atom. The van der Waals surface area contributed by atoms with Crippen LogP contribution in [0.2, 0.25) is 0 Å². The summed E-state index contributed by atoms with van der Waals surface area (Å²) in [6, 6.07) is 12.8. The summed E-state index contributed by atoms with van der Waals surface area (Å²) >= 11 is 1.59. The van der Waals surface area contributed by atoms with Crippen LogP contribution in [-0.2, 0) is 6.54 Å². The van der Waals surface area contributed by atoms with E-state index in [1.165, 1.54) is 12.1 Å². The van der Waals surface area contributed by atoms with Crippen molar-refractivity contribution in [1.82, 2.24) is 14.8 Å². The molecule has 2 heterocycles. The zero-order chi connectivity index (χ0) is 23.4. The Morgan fingerprint density at radius 3 is 2.24 bits per heavy atom. The number of thiazole rings is 1. The van der Waals surface area contributed by atoms with Crippen molar-refractivity contribution in [2.24, 2.45) is 0 Å². The smallest absolute Gasteiger partial charge is 0.497 e. The Bertz CT molecular complexity index is 1080. The van der Waals surface area contributed by atoms with E-state index in [9.17, 15) is 18.0 Å². The second kappa shape index (κ2) is 9.80. The van der Waals surface area contributed by atoms with Crippen LogP contribution in [0.25, 0.3) is 10.6 Å². The Morgan fingerprint density at radius 2 is 1.64 bits per heavy atom. The second-order valence-electron chi connectivity index (χ2n) is 7.51. The van der Waals surface area contributed by atoms with Gasteiger partial charge in [-0.15, -0.1) is 24.5 Å². The maximum Gasteiger partial charge on any atom is 0.573 e. The van der Waals surface area contributed by atoms with Crippen molar-refractivity contribution >= 4 is 17.2 Å². The normalized spacial score (nSPS) is 14.8. The number of aromatic nitrogens is 1. The Kier molecular flexibility index (Phi) is 6.85. The van der Waals surface area contributed by atoms with Crippen LogP contribution in [-0.4, -0.2) is 60.3 Å². The standard InChI is InChI=1S/C23H22F3N3O3S/c1-31-19-6-2-16(3-7-19)21-27-18(15-33-21)14-28-10-12-29(13-11-28)22(30)17-4-8-20(9-5-17)32-23(24,25)26/h2-9,15H,10-14H2,1H3. The Hall–Kier alpha value is -3.11. The molecule has 0 spiro atoms. The summed E-state index contributed by atoms with van der Waals surface area (Å²) in [5.74, 6) is 0.248. The third-order valence-corrected chi connectivity index (χ3v) is 6.21. The number of nitrogens with zero attached hydrogens (tertiary/aromatic N) is 3. The summed E-state index contributed by atoms with van der Waals surface area (Å²) in [6.45, 7) is 3.15. The molecule has 1 fully saturated rings. The summed E-state index contributed by atoms with van der Waals surface area (Å²) in [7, 11) is 1.63. The summed E-state index contributed by atoms with van der Waals surface area (Å²) < 4.78 is 45.9. The van der Waals surface area contributed by atoms with Gasteiger partial charge in [-0.1, -0.05) is 0 Å². The topological polar surface area (TPSA) is 54.9 Å². The van der Waals surface area contributed by atoms with Crippen LogP contribution in [0.4, 0.5) is 13.2 Å². The molecule has 1 amide bonds. The van der Waals surface area contributed by atoms with Gasteiger partial charge >= 0.3 is 6.36 Å². The highest BCUT2D eigenvalue weighted by molar-refractivity contribution is 7.13. The summed E-state index contributed by atoms with van der Waals surface area (Å²) in [5.41, 5.74) is 2.35. The molecule has 0 unspecified atom stereocenters. The van der Waals surface area contributed by atoms with Crippen LogP contribution < -0.4 is 9.47 Å². The van der Waals surface area contributed by atoms with E-state index in [1.54, 1.807) is 23.3 Å². The van der Waals surface area contributed by atoms with Crippen molar-refractivity contribution in [3.05, 3.63) is 65.2 Å². The van der Waals surface area contributed by atoms with Crippen molar-refractivity contribution in [1.29, 1.82) is 0 Å². The Labute approximate surface area is 193 Å². The minimum atomic E-state index is -4.76. The van der Waals surface area contributed by atoms with Gasteiger partial charge in [0.1, 0.15) is 16.5 Å². The van der Waals surface area contributed by atoms with Gasteiger partial charge in [-0.2, -0.15) is 0 Å². The molecular weight excluding hydrogens is 455 g/mol. The molecule has 1 saturated heterocycles. The lowest BCUT2D eigenvalue weighted by Crippen LogP contribution is -2.48. The van der Waals surface area contributed by atoms with E-state index < -0.39 is 6.36 Å². The minimum absolute atomic E-state index is 0.205. The summed E-state index contributed by atoms with van der Waals surface area (Å²) in [6.07, 6.45) is -4.76. The molecule has 0 bridgehead atoms. The average molecular weight is 478 g/mol. The number of hydrogen-bond donors (Lipinski definition) is 0. The zero-order valence-corrected chi connectivity index (χ0v) is 18.7. The Balaban J connectivity index is 1.29. The van der Waals surface area contributed by atoms with E-state index in [4.69, 9.17) is 9.72 Å². The highest BCUT2D eigenvalue weighted by atomic mass is 32.1. The lowest BCUT2D eigenvalue weighted by atomic mass is 10.1. The monoisotopic (exact) mass is 477 g/mol. The van der Waals surface area contributed by atoms with E-state index in [2.05, 4.69) is 9.64 Å². The number of piperazine rings is 1. The van der Waals surface area contributed by atoms with Crippen LogP contribution in [0.5, 0.6) is 11.5 Å². The third kappa shape index (κ3) is 6.02. The molecule has 2 aromatic carbocycles. The first-order chi connectivity index (χ1) is 15.8. The fourth-order valence-corrected chi connectivity index (χ4v) is 4.38. The van der Waals surface area contributed by atoms with E-state index in [-0.39, 0.29) is 11.7 Å². The van der Waals surface area contributed by atoms with Crippen LogP contribution in [0, 0.1) is 0 Å². The number of ether oxygens (including phenoxy) is 2. The maximum absolute atomic E-state index is 12.7. The number of carbonyl (C=O) groups excluding carboxylic acids is 1. The van der Waals surface area contributed by atoms with Crippen molar-refractivity contribution in [2.75, 3.05) is 33.3 Å². The van der Waals surface area contributed by atoms with E-state index in [0.29, 0.717) is 38.3 Å². The fraction of sp³-hybridized carbons (Fsp3) is 0.304. The van der Waals surface area contributed by atoms with Gasteiger partial charge in [-0.05, 0) is 48.5 Å². The fourth-order valence-electron chi connectivity index (χ4n) is 3.57. The molecule has 1 aliphatic heterocycles. The predicted molar refractivity (Wildman–Crippen MR) is 118 cm³/mol. The largest absolute Gasteiger partial charge is 0.573 e. The lowest BCUT2D eigenvalue weighted by molar-refractivity contribution is -0.274. The summed E-state index contributed by atoms with van der Waals surface area (Å²) in [5, 5.41) is 2.99. The molecule has 33 heavy (non-hydrogen) atoms. The number of alkyl halides is 3. The SMILES string of the molecule is COc1ccc(-c2nc(CN3CCN(C(=O)c4ccc(OC(F)(F)F)cc4)CC3)cs2)cc1. The van der Waals surface area contributed by atoms with Crippen molar-refractivity contribution in [2.45, 2.75) is 12.9 Å². The molecule has 4 rings (SSSR count). The first kappa shape index (κ1) is 23.1. The van der Waals surface area contributed by atoms with Crippen LogP contribution in [0.15, 0.2) is 53.9 Å². The van der Waals surface area contributed by atoms with Gasteiger partial charge in [0, 0.05) is 49.2 Å². The van der Waals surface area contributed by atoms with Crippen LogP contribution in [0.3, 0.4) is 0 Å². The summed E-state index contributed by atoms with van der Waals surface area (Å²) in [4.78, 5) is 21.4. The van der Waals surface area contributed by atoms with E-state index >= 15 is 0 Å². The highest BCUT2D eigenvalue weighted by Gasteiger charge is 2.31. The predicted octanol–water partition coefficient (Wildman–Crippen LogP) is 4.68. The molecule has 174 valence electrons. The molecule has 0 radical (unpaired) electrons. The number of rotatable bonds is 6. The lowest BCUT2D eigenvalue weighted by Gasteiger charge is -2.34. The molecule has 0 saturated carbocycles. The molecule has 10 heteroatoms. The number of carbonyl (C=O) groups is 1. The molecule has 1 aliphatic rings. The van der Waals surface area contributed by atoms with Gasteiger partial charge in [0.2, 0.25) is 0 Å². The minimum Gasteiger partial charge on any atom is -0.497 e. The van der Waals surface area contributed by atoms with Crippen molar-refractivity contribution in [3.8, 4) is 22.1 Å². The molecular formula is C23H22F3N3O3S. The number of benzene rings is 2. The molecule has 6 nitrogen and oxygen atoms in total. The number of hydrogen-bond acceptors (Lipinski definition) is 6. The quantitative estimate of drug-likeness (QED) is 0.516. The van der Waals surface area contributed by atoms with Crippen molar-refractivity contribution < 1.29 is 27.4 Å². The van der Waals surface area contributed by atoms with Crippen molar-refractivity contribution in [3.63, 3.8) is 0 Å². The first-order valence-electron chi connectivity index (χ1n) is 10.3. The molecule has 0 atom stereocenters. The van der Waals surface area contributed by atoms with Gasteiger partial charge in [-0.25, -0.2) is 4.98 Å². The number of halogens is 3. The van der Waals surface area contributed by atoms with E-state index in [0.717, 1.165) is 34.1 Å². The number of amides is 1. The molecule has 3 aromatic rings. The highest BCUT2D eigenvalue weighted by Crippen LogP contribution is 2.27. The van der Waals surface area contributed by atoms with E-state index in [1.807, 2.05) is 29.6 Å². The van der Waals surface area contributed by atoms with Gasteiger partial charge in [0.25, 0.3) is 5.91 Å². The molecule has 0 aliphatic carbocycles.